The summed E-state index contributed by atoms with van der Waals surface area (Å²) in [7, 11) is 3.51. The maximum absolute atomic E-state index is 14.8. The van der Waals surface area contributed by atoms with Gasteiger partial charge in [-0.2, -0.15) is 0 Å². The van der Waals surface area contributed by atoms with Gasteiger partial charge in [0.05, 0.1) is 63.7 Å². The van der Waals surface area contributed by atoms with Gasteiger partial charge in [-0.15, -0.1) is 0 Å². The lowest BCUT2D eigenvalue weighted by Gasteiger charge is -2.43. The van der Waals surface area contributed by atoms with Crippen molar-refractivity contribution in [3.8, 4) is 0 Å². The number of likely N-dealkylation sites (tertiary alicyclic amines) is 1. The Morgan fingerprint density at radius 3 is 2.20 bits per heavy atom. The molecule has 6 rings (SSSR count). The van der Waals surface area contributed by atoms with E-state index >= 15 is 0 Å². The smallest absolute Gasteiger partial charge is 0.248 e. The predicted molar refractivity (Wildman–Crippen MR) is 225 cm³/mol. The van der Waals surface area contributed by atoms with Crippen LogP contribution in [0.3, 0.4) is 0 Å². The number of amides is 4. The largest absolute Gasteiger partial charge is 0.382 e. The Balaban J connectivity index is 1.03. The third-order valence-corrected chi connectivity index (χ3v) is 11.9. The lowest BCUT2D eigenvalue weighted by atomic mass is 9.74. The fraction of sp³-hybridized carbons (Fsp3) is 0.533. The van der Waals surface area contributed by atoms with Crippen molar-refractivity contribution < 1.29 is 42.9 Å². The van der Waals surface area contributed by atoms with Gasteiger partial charge in [-0.3, -0.25) is 19.2 Å². The van der Waals surface area contributed by atoms with Crippen molar-refractivity contribution in [2.75, 3.05) is 104 Å². The van der Waals surface area contributed by atoms with Gasteiger partial charge in [0.15, 0.2) is 0 Å². The first-order chi connectivity index (χ1) is 29.2. The fourth-order valence-corrected chi connectivity index (χ4v) is 8.49. The number of pyridine rings is 1. The highest BCUT2D eigenvalue weighted by atomic mass is 16.6. The molecule has 3 heterocycles. The van der Waals surface area contributed by atoms with E-state index in [1.165, 1.54) is 0 Å². The van der Waals surface area contributed by atoms with Crippen molar-refractivity contribution in [2.45, 2.75) is 57.5 Å². The molecular formula is C45H60N6O9. The number of piperidine rings is 1. The minimum absolute atomic E-state index is 0.0603. The summed E-state index contributed by atoms with van der Waals surface area (Å²) in [6, 6.07) is 17.5. The van der Waals surface area contributed by atoms with Gasteiger partial charge in [0.2, 0.25) is 23.6 Å². The first-order valence-electron chi connectivity index (χ1n) is 21.0. The van der Waals surface area contributed by atoms with Crippen molar-refractivity contribution in [3.63, 3.8) is 0 Å². The number of hydrogen-bond acceptors (Lipinski definition) is 11. The second kappa shape index (κ2) is 21.7. The minimum Gasteiger partial charge on any atom is -0.382 e. The number of nitrogens with zero attached hydrogens (tertiary/aromatic N) is 3. The topological polar surface area (TPSA) is 170 Å². The number of carbonyl (C=O) groups is 4. The molecule has 1 fully saturated rings. The summed E-state index contributed by atoms with van der Waals surface area (Å²) in [5, 5.41) is 9.20. The fourth-order valence-electron chi connectivity index (χ4n) is 8.49. The molecule has 0 bridgehead atoms. The van der Waals surface area contributed by atoms with Gasteiger partial charge in [0.25, 0.3) is 0 Å². The molecule has 15 heteroatoms. The van der Waals surface area contributed by atoms with Crippen molar-refractivity contribution in [1.29, 1.82) is 0 Å². The summed E-state index contributed by atoms with van der Waals surface area (Å²) in [5.41, 5.74) is 4.10. The molecule has 3 N–H and O–H groups in total. The van der Waals surface area contributed by atoms with Crippen LogP contribution in [0.2, 0.25) is 0 Å². The van der Waals surface area contributed by atoms with Crippen molar-refractivity contribution in [3.05, 3.63) is 88.6 Å². The second-order valence-electron chi connectivity index (χ2n) is 15.7. The monoisotopic (exact) mass is 828 g/mol. The standard InChI is InChI=1S/C45H60N6O9/c1-4-44(13-16-50(17-14-44)40(53)32-60-25-24-59-23-22-58-21-20-57-19-18-56-3)43(55)51(30-35-9-6-5-8-34(35)29-46-2)31-39(52)48-37-12-11-33-27-45(28-36(33)26-37)38-10-7-15-47-41(38)49-42(45)54/h5-12,15,26,46H,4,13-14,16-25,27-32H2,1-3H3,(H,48,52)(H,47,49,54)/t45-/m1/s1. The molecule has 3 aromatic rings. The second-order valence-corrected chi connectivity index (χ2v) is 15.7. The number of aromatic nitrogens is 1. The maximum Gasteiger partial charge on any atom is 0.248 e. The van der Waals surface area contributed by atoms with E-state index in [0.717, 1.165) is 27.8 Å². The first kappa shape index (κ1) is 44.8. The van der Waals surface area contributed by atoms with E-state index in [1.807, 2.05) is 68.6 Å². The van der Waals surface area contributed by atoms with Gasteiger partial charge in [-0.05, 0) is 79.6 Å². The van der Waals surface area contributed by atoms with Crippen LogP contribution in [0.25, 0.3) is 0 Å². The molecule has 0 radical (unpaired) electrons. The molecule has 0 unspecified atom stereocenters. The summed E-state index contributed by atoms with van der Waals surface area (Å²) in [6.45, 7) is 7.02. The zero-order valence-electron chi connectivity index (χ0n) is 35.2. The lowest BCUT2D eigenvalue weighted by molar-refractivity contribution is -0.151. The molecular weight excluding hydrogens is 769 g/mol. The van der Waals surface area contributed by atoms with Crippen molar-refractivity contribution in [1.82, 2.24) is 20.1 Å². The number of benzene rings is 2. The van der Waals surface area contributed by atoms with Gasteiger partial charge < -0.3 is 49.4 Å². The molecule has 15 nitrogen and oxygen atoms in total. The Kier molecular flexibility index (Phi) is 16.2. The number of rotatable bonds is 23. The number of fused-ring (bicyclic) bond motifs is 3. The van der Waals surface area contributed by atoms with Gasteiger partial charge in [-0.25, -0.2) is 4.98 Å². The molecule has 1 aromatic heterocycles. The zero-order valence-corrected chi connectivity index (χ0v) is 35.2. The number of ether oxygens (including phenoxy) is 5. The zero-order chi connectivity index (χ0) is 42.4. The molecule has 1 spiro atoms. The lowest BCUT2D eigenvalue weighted by Crippen LogP contribution is -2.52. The van der Waals surface area contributed by atoms with Gasteiger partial charge in [0, 0.05) is 50.7 Å². The van der Waals surface area contributed by atoms with Crippen LogP contribution in [-0.4, -0.2) is 132 Å². The summed E-state index contributed by atoms with van der Waals surface area (Å²) in [5.74, 6) is 0.00271. The molecule has 60 heavy (non-hydrogen) atoms. The molecule has 1 aliphatic carbocycles. The number of anilines is 2. The highest BCUT2D eigenvalue weighted by Gasteiger charge is 2.51. The SMILES string of the molecule is CCC1(C(=O)N(CC(=O)Nc2ccc3c(c2)C[C@@]2(C3)C(=O)Nc3ncccc32)Cc2ccccc2CNC)CCN(C(=O)COCCOCCOCCOCCOC)CC1. The number of nitrogens with one attached hydrogen (secondary N) is 3. The number of methoxy groups -OCH3 is 1. The Labute approximate surface area is 352 Å². The molecule has 2 aliphatic heterocycles. The normalized spacial score (nSPS) is 17.6. The molecule has 2 aromatic carbocycles. The predicted octanol–water partition coefficient (Wildman–Crippen LogP) is 3.49. The summed E-state index contributed by atoms with van der Waals surface area (Å²) in [6.07, 6.45) is 4.26. The van der Waals surface area contributed by atoms with E-state index in [0.29, 0.717) is 109 Å². The van der Waals surface area contributed by atoms with Crippen LogP contribution in [0.5, 0.6) is 0 Å². The molecule has 0 saturated carbocycles. The van der Waals surface area contributed by atoms with Gasteiger partial charge >= 0.3 is 0 Å². The number of hydrogen-bond donors (Lipinski definition) is 3. The van der Waals surface area contributed by atoms with E-state index in [4.69, 9.17) is 23.7 Å². The third-order valence-electron chi connectivity index (χ3n) is 11.9. The van der Waals surface area contributed by atoms with Crippen molar-refractivity contribution >= 4 is 35.1 Å². The molecule has 3 aliphatic rings. The van der Waals surface area contributed by atoms with Crippen LogP contribution in [0.4, 0.5) is 11.5 Å². The van der Waals surface area contributed by atoms with Crippen LogP contribution in [0, 0.1) is 5.41 Å². The molecule has 4 amide bonds. The molecule has 324 valence electrons. The van der Waals surface area contributed by atoms with E-state index in [9.17, 15) is 19.2 Å². The first-order valence-corrected chi connectivity index (χ1v) is 21.0. The average molecular weight is 829 g/mol. The van der Waals surface area contributed by atoms with Gasteiger partial charge in [0.1, 0.15) is 19.0 Å². The number of carbonyl (C=O) groups excluding carboxylic acids is 4. The Bertz CT molecular complexity index is 1940. The Hall–Kier alpha value is -4.77. The van der Waals surface area contributed by atoms with Crippen LogP contribution < -0.4 is 16.0 Å². The van der Waals surface area contributed by atoms with Crippen LogP contribution in [0.1, 0.15) is 54.0 Å². The summed E-state index contributed by atoms with van der Waals surface area (Å²) in [4.78, 5) is 62.8. The minimum atomic E-state index is -0.739. The third kappa shape index (κ3) is 10.9. The summed E-state index contributed by atoms with van der Waals surface area (Å²) < 4.78 is 26.9. The molecule has 1 saturated heterocycles. The van der Waals surface area contributed by atoms with E-state index < -0.39 is 10.8 Å². The quantitative estimate of drug-likeness (QED) is 0.120. The highest BCUT2D eigenvalue weighted by Crippen LogP contribution is 2.47. The molecule has 1 atom stereocenters. The van der Waals surface area contributed by atoms with E-state index in [1.54, 1.807) is 23.1 Å². The van der Waals surface area contributed by atoms with Crippen LogP contribution in [0.15, 0.2) is 60.8 Å². The Morgan fingerprint density at radius 1 is 0.850 bits per heavy atom. The highest BCUT2D eigenvalue weighted by molar-refractivity contribution is 6.06. The Morgan fingerprint density at radius 2 is 1.52 bits per heavy atom. The van der Waals surface area contributed by atoms with Crippen molar-refractivity contribution in [2.24, 2.45) is 5.41 Å². The summed E-state index contributed by atoms with van der Waals surface area (Å²) >= 11 is 0. The van der Waals surface area contributed by atoms with Crippen LogP contribution in [-0.2, 0) is 74.2 Å². The van der Waals surface area contributed by atoms with E-state index in [-0.39, 0.29) is 49.9 Å². The van der Waals surface area contributed by atoms with Crippen LogP contribution >= 0.6 is 0 Å². The van der Waals surface area contributed by atoms with Gasteiger partial charge in [-0.1, -0.05) is 43.3 Å². The average Bonchev–Trinajstić information content (AvgIpc) is 3.78. The maximum atomic E-state index is 14.8. The van der Waals surface area contributed by atoms with E-state index in [2.05, 4.69) is 20.9 Å².